The van der Waals surface area contributed by atoms with Gasteiger partial charge in [-0.15, -0.1) is 0 Å². The summed E-state index contributed by atoms with van der Waals surface area (Å²) in [6, 6.07) is 20.1. The van der Waals surface area contributed by atoms with Crippen LogP contribution in [-0.2, 0) is 16.7 Å². The minimum atomic E-state index is -0.590. The molecule has 0 bridgehead atoms. The quantitative estimate of drug-likeness (QED) is 0.206. The number of rotatable bonds is 5. The van der Waals surface area contributed by atoms with E-state index in [1.165, 1.54) is 13.8 Å². The number of ketones is 2. The summed E-state index contributed by atoms with van der Waals surface area (Å²) in [5.41, 5.74) is 3.59. The van der Waals surface area contributed by atoms with Crippen LogP contribution in [0.2, 0.25) is 0 Å². The highest BCUT2D eigenvalue weighted by Gasteiger charge is 2.17. The van der Waals surface area contributed by atoms with Gasteiger partial charge in [-0.3, -0.25) is 9.59 Å². The number of Topliss-reactive ketones (excluding diaryl/α,β-unsaturated/α-hetero) is 1. The summed E-state index contributed by atoms with van der Waals surface area (Å²) in [6.07, 6.45) is 0. The van der Waals surface area contributed by atoms with Gasteiger partial charge >= 0.3 is 5.97 Å². The lowest BCUT2D eigenvalue weighted by molar-refractivity contribution is -0.140. The molecule has 0 amide bonds. The van der Waals surface area contributed by atoms with E-state index in [0.29, 0.717) is 16.7 Å². The molecule has 31 heavy (non-hydrogen) atoms. The molecule has 6 heteroatoms. The Labute approximate surface area is 178 Å². The second kappa shape index (κ2) is 7.99. The fourth-order valence-corrected chi connectivity index (χ4v) is 3.64. The van der Waals surface area contributed by atoms with Crippen molar-refractivity contribution in [3.8, 4) is 0 Å². The van der Waals surface area contributed by atoms with E-state index in [0.717, 1.165) is 21.8 Å². The fourth-order valence-electron chi connectivity index (χ4n) is 3.64. The molecule has 6 nitrogen and oxygen atoms in total. The zero-order valence-electron chi connectivity index (χ0n) is 17.4. The predicted molar refractivity (Wildman–Crippen MR) is 120 cm³/mol. The highest BCUT2D eigenvalue weighted by atomic mass is 16.7. The molecule has 0 atom stereocenters. The van der Waals surface area contributed by atoms with Crippen molar-refractivity contribution >= 4 is 45.1 Å². The highest BCUT2D eigenvalue weighted by Crippen LogP contribution is 2.30. The van der Waals surface area contributed by atoms with E-state index in [9.17, 15) is 14.4 Å². The van der Waals surface area contributed by atoms with E-state index >= 15 is 0 Å². The summed E-state index contributed by atoms with van der Waals surface area (Å²) >= 11 is 0. The maximum atomic E-state index is 12.9. The van der Waals surface area contributed by atoms with Gasteiger partial charge in [-0.2, -0.15) is 0 Å². The molecule has 154 valence electrons. The highest BCUT2D eigenvalue weighted by molar-refractivity contribution is 6.45. The van der Waals surface area contributed by atoms with Crippen LogP contribution in [0.15, 0.2) is 71.9 Å². The summed E-state index contributed by atoms with van der Waals surface area (Å²) < 4.78 is 2.02. The van der Waals surface area contributed by atoms with Crippen LogP contribution >= 0.6 is 0 Å². The van der Waals surface area contributed by atoms with Crippen LogP contribution in [0.4, 0.5) is 0 Å². The molecule has 0 spiro atoms. The summed E-state index contributed by atoms with van der Waals surface area (Å²) in [7, 11) is 1.94. The Bertz CT molecular complexity index is 1380. The molecule has 0 aliphatic rings. The maximum Gasteiger partial charge on any atom is 0.331 e. The minimum absolute atomic E-state index is 0.0592. The Kier molecular flexibility index (Phi) is 5.21. The van der Waals surface area contributed by atoms with Gasteiger partial charge < -0.3 is 9.40 Å². The van der Waals surface area contributed by atoms with Crippen LogP contribution in [0.3, 0.4) is 0 Å². The van der Waals surface area contributed by atoms with Crippen LogP contribution in [-0.4, -0.2) is 27.8 Å². The molecule has 0 aliphatic carbocycles. The van der Waals surface area contributed by atoms with E-state index in [1.54, 1.807) is 24.3 Å². The van der Waals surface area contributed by atoms with Crippen molar-refractivity contribution < 1.29 is 19.2 Å². The number of benzene rings is 3. The number of carbonyl (C=O) groups is 3. The molecule has 4 aromatic rings. The Morgan fingerprint density at radius 1 is 0.774 bits per heavy atom. The van der Waals surface area contributed by atoms with Gasteiger partial charge in [0.05, 0.1) is 0 Å². The topological polar surface area (TPSA) is 77.7 Å². The lowest BCUT2D eigenvalue weighted by atomic mass is 10.00. The molecule has 0 N–H and O–H groups in total. The maximum absolute atomic E-state index is 12.9. The van der Waals surface area contributed by atoms with Gasteiger partial charge in [-0.05, 0) is 43.3 Å². The van der Waals surface area contributed by atoms with E-state index in [-0.39, 0.29) is 17.3 Å². The first-order valence-electron chi connectivity index (χ1n) is 9.75. The van der Waals surface area contributed by atoms with E-state index < -0.39 is 5.97 Å². The third-order valence-electron chi connectivity index (χ3n) is 5.21. The first-order chi connectivity index (χ1) is 14.9. The zero-order valence-corrected chi connectivity index (χ0v) is 17.4. The first kappa shape index (κ1) is 20.2. The van der Waals surface area contributed by atoms with Crippen molar-refractivity contribution in [2.75, 3.05) is 0 Å². The molecule has 0 fully saturated rings. The van der Waals surface area contributed by atoms with E-state index in [2.05, 4.69) is 9.99 Å². The molecule has 0 unspecified atom stereocenters. The molecule has 1 heterocycles. The Morgan fingerprint density at radius 3 is 1.97 bits per heavy atom. The third kappa shape index (κ3) is 3.75. The number of hydrogen-bond donors (Lipinski definition) is 0. The average molecular weight is 412 g/mol. The second-order valence-electron chi connectivity index (χ2n) is 7.31. The zero-order chi connectivity index (χ0) is 22.1. The van der Waals surface area contributed by atoms with Gasteiger partial charge in [0.15, 0.2) is 5.78 Å². The van der Waals surface area contributed by atoms with Crippen LogP contribution < -0.4 is 0 Å². The van der Waals surface area contributed by atoms with Gasteiger partial charge in [0.1, 0.15) is 5.71 Å². The standard InChI is InChI=1S/C25H20N2O4/c1-15(26-31-16(2)28)24(29)18-9-11-22-20(13-18)21-14-19(10-12-23(21)27(22)3)25(30)17-7-5-4-6-8-17/h4-14H,1-3H3/b26-15+. The molecular weight excluding hydrogens is 392 g/mol. The van der Waals surface area contributed by atoms with Crippen molar-refractivity contribution in [3.63, 3.8) is 0 Å². The summed E-state index contributed by atoms with van der Waals surface area (Å²) in [5, 5.41) is 5.32. The van der Waals surface area contributed by atoms with Gasteiger partial charge in [0.25, 0.3) is 0 Å². The molecule has 0 aliphatic heterocycles. The third-order valence-corrected chi connectivity index (χ3v) is 5.21. The SMILES string of the molecule is CC(=O)O/N=C(\C)C(=O)c1ccc2c(c1)c1cc(C(=O)c3ccccc3)ccc1n2C. The summed E-state index contributed by atoms with van der Waals surface area (Å²) in [4.78, 5) is 41.2. The normalized spacial score (nSPS) is 11.6. The van der Waals surface area contributed by atoms with Crippen molar-refractivity contribution in [2.24, 2.45) is 12.2 Å². The molecule has 4 rings (SSSR count). The van der Waals surface area contributed by atoms with Gasteiger partial charge in [-0.1, -0.05) is 35.5 Å². The number of hydrogen-bond acceptors (Lipinski definition) is 5. The largest absolute Gasteiger partial charge is 0.344 e. The number of aromatic nitrogens is 1. The van der Waals surface area contributed by atoms with Crippen LogP contribution in [0.5, 0.6) is 0 Å². The fraction of sp³-hybridized carbons (Fsp3) is 0.120. The summed E-state index contributed by atoms with van der Waals surface area (Å²) in [5.74, 6) is -0.986. The molecular formula is C25H20N2O4. The molecule has 1 aromatic heterocycles. The van der Waals surface area contributed by atoms with Crippen molar-refractivity contribution in [2.45, 2.75) is 13.8 Å². The van der Waals surface area contributed by atoms with E-state index in [4.69, 9.17) is 0 Å². The van der Waals surface area contributed by atoms with Gasteiger partial charge in [0.2, 0.25) is 5.78 Å². The van der Waals surface area contributed by atoms with Crippen molar-refractivity contribution in [3.05, 3.63) is 83.4 Å². The second-order valence-corrected chi connectivity index (χ2v) is 7.31. The van der Waals surface area contributed by atoms with Crippen LogP contribution in [0.25, 0.3) is 21.8 Å². The molecule has 3 aromatic carbocycles. The van der Waals surface area contributed by atoms with Gasteiger partial charge in [0, 0.05) is 52.5 Å². The number of carbonyl (C=O) groups excluding carboxylic acids is 3. The number of oxime groups is 1. The minimum Gasteiger partial charge on any atom is -0.344 e. The summed E-state index contributed by atoms with van der Waals surface area (Å²) in [6.45, 7) is 2.72. The Hall–Kier alpha value is -4.06. The number of nitrogens with zero attached hydrogens (tertiary/aromatic N) is 2. The van der Waals surface area contributed by atoms with Gasteiger partial charge in [-0.25, -0.2) is 4.79 Å². The molecule has 0 radical (unpaired) electrons. The monoisotopic (exact) mass is 412 g/mol. The lowest BCUT2D eigenvalue weighted by Crippen LogP contribution is -2.11. The Morgan fingerprint density at radius 2 is 1.35 bits per heavy atom. The van der Waals surface area contributed by atoms with Crippen molar-refractivity contribution in [1.29, 1.82) is 0 Å². The van der Waals surface area contributed by atoms with E-state index in [1.807, 2.05) is 54.1 Å². The van der Waals surface area contributed by atoms with Crippen LogP contribution in [0, 0.1) is 0 Å². The first-order valence-corrected chi connectivity index (χ1v) is 9.75. The Balaban J connectivity index is 1.81. The number of aryl methyl sites for hydroxylation is 1. The van der Waals surface area contributed by atoms with Crippen molar-refractivity contribution in [1.82, 2.24) is 4.57 Å². The van der Waals surface area contributed by atoms with Crippen LogP contribution in [0.1, 0.15) is 40.1 Å². The molecule has 0 saturated heterocycles. The number of fused-ring (bicyclic) bond motifs is 3. The smallest absolute Gasteiger partial charge is 0.331 e. The lowest BCUT2D eigenvalue weighted by Gasteiger charge is -2.03. The molecule has 0 saturated carbocycles. The predicted octanol–water partition coefficient (Wildman–Crippen LogP) is 4.68. The average Bonchev–Trinajstić information content (AvgIpc) is 3.08.